The van der Waals surface area contributed by atoms with Crippen molar-refractivity contribution in [3.05, 3.63) is 59.9 Å². The Morgan fingerprint density at radius 2 is 1.86 bits per heavy atom. The summed E-state index contributed by atoms with van der Waals surface area (Å²) in [5, 5.41) is 12.4. The molecule has 1 heterocycles. The Kier molecular flexibility index (Phi) is 11.0. The van der Waals surface area contributed by atoms with E-state index in [0.29, 0.717) is 19.8 Å². The molecule has 0 amide bonds. The average Bonchev–Trinajstić information content (AvgIpc) is 3.26. The maximum absolute atomic E-state index is 11.7. The quantitative estimate of drug-likeness (QED) is 0.203. The van der Waals surface area contributed by atoms with Gasteiger partial charge in [0, 0.05) is 29.7 Å². The van der Waals surface area contributed by atoms with Gasteiger partial charge in [-0.25, -0.2) is 0 Å². The molecule has 8 heteroatoms. The number of esters is 1. The van der Waals surface area contributed by atoms with Crippen molar-refractivity contribution in [1.82, 2.24) is 14.8 Å². The fourth-order valence-electron chi connectivity index (χ4n) is 3.55. The number of carbonyl (C=O) groups is 1. The number of nitrogens with one attached hydrogen (secondary N) is 1. The molecule has 2 aromatic carbocycles. The van der Waals surface area contributed by atoms with Gasteiger partial charge in [-0.05, 0) is 54.9 Å². The minimum Gasteiger partial charge on any atom is -0.493 e. The molecule has 7 nitrogen and oxygen atoms in total. The molecule has 0 fully saturated rings. The summed E-state index contributed by atoms with van der Waals surface area (Å²) in [6.45, 7) is 5.78. The third-order valence-corrected chi connectivity index (χ3v) is 6.56. The molecule has 0 saturated heterocycles. The number of aryl methyl sites for hydroxylation is 1. The Morgan fingerprint density at radius 3 is 2.57 bits per heavy atom. The van der Waals surface area contributed by atoms with E-state index in [1.165, 1.54) is 25.7 Å². The summed E-state index contributed by atoms with van der Waals surface area (Å²) in [5.41, 5.74) is 3.02. The van der Waals surface area contributed by atoms with E-state index in [9.17, 15) is 4.79 Å². The van der Waals surface area contributed by atoms with Crippen LogP contribution < -0.4 is 10.1 Å². The molecule has 188 valence electrons. The lowest BCUT2D eigenvalue weighted by Gasteiger charge is -2.15. The van der Waals surface area contributed by atoms with Gasteiger partial charge in [-0.2, -0.15) is 0 Å². The van der Waals surface area contributed by atoms with Gasteiger partial charge in [0.1, 0.15) is 12.1 Å². The highest BCUT2D eigenvalue weighted by molar-refractivity contribution is 7.99. The molecule has 0 radical (unpaired) electrons. The lowest BCUT2D eigenvalue weighted by atomic mass is 10.1. The number of unbranched alkanes of at least 4 members (excludes halogenated alkanes) is 4. The van der Waals surface area contributed by atoms with Gasteiger partial charge >= 0.3 is 5.97 Å². The molecule has 3 aromatic rings. The maximum atomic E-state index is 11.7. The zero-order valence-electron chi connectivity index (χ0n) is 21.0. The van der Waals surface area contributed by atoms with Gasteiger partial charge in [0.25, 0.3) is 0 Å². The number of hydrogen-bond acceptors (Lipinski definition) is 7. The van der Waals surface area contributed by atoms with E-state index in [0.717, 1.165) is 39.0 Å². The topological polar surface area (TPSA) is 78.3 Å². The molecule has 1 N–H and O–H groups in total. The monoisotopic (exact) mass is 496 g/mol. The van der Waals surface area contributed by atoms with Crippen LogP contribution in [0.15, 0.2) is 58.8 Å². The second-order valence-corrected chi connectivity index (χ2v) is 9.43. The van der Waals surface area contributed by atoms with Crippen LogP contribution in [0.1, 0.15) is 57.1 Å². The minimum absolute atomic E-state index is 0.205. The van der Waals surface area contributed by atoms with Gasteiger partial charge < -0.3 is 19.4 Å². The fraction of sp³-hybridized carbons (Fsp3) is 0.444. The summed E-state index contributed by atoms with van der Waals surface area (Å²) in [4.78, 5) is 12.8. The minimum atomic E-state index is -0.205. The number of rotatable bonds is 15. The second-order valence-electron chi connectivity index (χ2n) is 8.39. The summed E-state index contributed by atoms with van der Waals surface area (Å²) in [6, 6.07) is 14.2. The standard InChI is InChI=1S/C27H36N4O3S/c1-4-6-7-8-9-16-34-25-18-24(35-27-30-29-20-31(27)3)15-12-22(25)19-28-23-13-10-21(11-14-23)17-26(32)33-5-2/h10-15,18,20,28H,4-9,16-17,19H2,1-3H3. The van der Waals surface area contributed by atoms with Crippen LogP contribution >= 0.6 is 11.8 Å². The molecule has 3 rings (SSSR count). The van der Waals surface area contributed by atoms with Crippen LogP contribution in [0.2, 0.25) is 0 Å². The maximum Gasteiger partial charge on any atom is 0.310 e. The highest BCUT2D eigenvalue weighted by atomic mass is 32.2. The zero-order valence-corrected chi connectivity index (χ0v) is 21.8. The number of benzene rings is 2. The SMILES string of the molecule is CCCCCCCOc1cc(Sc2nncn2C)ccc1CNc1ccc(CC(=O)OCC)cc1. The number of carbonyl (C=O) groups excluding carboxylic acids is 1. The first-order valence-corrected chi connectivity index (χ1v) is 13.2. The largest absolute Gasteiger partial charge is 0.493 e. The van der Waals surface area contributed by atoms with Crippen LogP contribution in [0.4, 0.5) is 5.69 Å². The van der Waals surface area contributed by atoms with Gasteiger partial charge in [0.15, 0.2) is 5.16 Å². The molecular weight excluding hydrogens is 460 g/mol. The van der Waals surface area contributed by atoms with Gasteiger partial charge in [-0.15, -0.1) is 10.2 Å². The summed E-state index contributed by atoms with van der Waals surface area (Å²) in [5.74, 6) is 0.683. The van der Waals surface area contributed by atoms with E-state index in [1.54, 1.807) is 18.1 Å². The van der Waals surface area contributed by atoms with Crippen molar-refractivity contribution in [2.45, 2.75) is 69.0 Å². The van der Waals surface area contributed by atoms with Gasteiger partial charge in [-0.1, -0.05) is 50.8 Å². The van der Waals surface area contributed by atoms with Crippen LogP contribution in [-0.2, 0) is 29.5 Å². The van der Waals surface area contributed by atoms with E-state index < -0.39 is 0 Å². The first-order valence-electron chi connectivity index (χ1n) is 12.3. The van der Waals surface area contributed by atoms with Gasteiger partial charge in [0.2, 0.25) is 0 Å². The molecule has 0 saturated carbocycles. The molecule has 0 aliphatic heterocycles. The Labute approximate surface area is 212 Å². The van der Waals surface area contributed by atoms with Crippen molar-refractivity contribution >= 4 is 23.4 Å². The van der Waals surface area contributed by atoms with E-state index in [2.05, 4.69) is 40.6 Å². The Bertz CT molecular complexity index is 1050. The molecule has 0 unspecified atom stereocenters. The predicted molar refractivity (Wildman–Crippen MR) is 140 cm³/mol. The first kappa shape index (κ1) is 26.6. The molecule has 1 aromatic heterocycles. The summed E-state index contributed by atoms with van der Waals surface area (Å²) >= 11 is 1.57. The molecule has 35 heavy (non-hydrogen) atoms. The van der Waals surface area contributed by atoms with Crippen molar-refractivity contribution in [3.63, 3.8) is 0 Å². The normalized spacial score (nSPS) is 10.8. The van der Waals surface area contributed by atoms with E-state index in [4.69, 9.17) is 9.47 Å². The van der Waals surface area contributed by atoms with Crippen LogP contribution in [-0.4, -0.2) is 33.9 Å². The van der Waals surface area contributed by atoms with Crippen molar-refractivity contribution in [2.75, 3.05) is 18.5 Å². The van der Waals surface area contributed by atoms with Crippen LogP contribution in [0.5, 0.6) is 5.75 Å². The smallest absolute Gasteiger partial charge is 0.310 e. The number of aromatic nitrogens is 3. The Hall–Kier alpha value is -3.00. The lowest BCUT2D eigenvalue weighted by Crippen LogP contribution is -2.07. The van der Waals surface area contributed by atoms with Crippen LogP contribution in [0, 0.1) is 0 Å². The molecule has 0 aliphatic rings. The summed E-state index contributed by atoms with van der Waals surface area (Å²) < 4.78 is 13.2. The number of ether oxygens (including phenoxy) is 2. The third kappa shape index (κ3) is 8.94. The summed E-state index contributed by atoms with van der Waals surface area (Å²) in [7, 11) is 1.94. The summed E-state index contributed by atoms with van der Waals surface area (Å²) in [6.07, 6.45) is 7.99. The zero-order chi connectivity index (χ0) is 24.9. The van der Waals surface area contributed by atoms with Crippen LogP contribution in [0.25, 0.3) is 0 Å². The Balaban J connectivity index is 1.63. The highest BCUT2D eigenvalue weighted by Crippen LogP contribution is 2.31. The number of anilines is 1. The van der Waals surface area contributed by atoms with Gasteiger partial charge in [-0.3, -0.25) is 4.79 Å². The fourth-order valence-corrected chi connectivity index (χ4v) is 4.35. The van der Waals surface area contributed by atoms with Crippen molar-refractivity contribution in [3.8, 4) is 5.75 Å². The lowest BCUT2D eigenvalue weighted by molar-refractivity contribution is -0.142. The molecule has 0 bridgehead atoms. The van der Waals surface area contributed by atoms with Gasteiger partial charge in [0.05, 0.1) is 19.6 Å². The van der Waals surface area contributed by atoms with E-state index >= 15 is 0 Å². The molecule has 0 spiro atoms. The number of nitrogens with zero attached hydrogens (tertiary/aromatic N) is 3. The molecule has 0 atom stereocenters. The van der Waals surface area contributed by atoms with Crippen LogP contribution in [0.3, 0.4) is 0 Å². The second kappa shape index (κ2) is 14.4. The van der Waals surface area contributed by atoms with E-state index in [1.807, 2.05) is 42.8 Å². The molecule has 0 aliphatic carbocycles. The first-order chi connectivity index (χ1) is 17.1. The third-order valence-electron chi connectivity index (χ3n) is 5.51. The highest BCUT2D eigenvalue weighted by Gasteiger charge is 2.10. The number of hydrogen-bond donors (Lipinski definition) is 1. The van der Waals surface area contributed by atoms with Crippen molar-refractivity contribution < 1.29 is 14.3 Å². The molecular formula is C27H36N4O3S. The average molecular weight is 497 g/mol. The predicted octanol–water partition coefficient (Wildman–Crippen LogP) is 6.03. The van der Waals surface area contributed by atoms with E-state index in [-0.39, 0.29) is 12.4 Å². The Morgan fingerprint density at radius 1 is 1.06 bits per heavy atom. The van der Waals surface area contributed by atoms with Crippen molar-refractivity contribution in [1.29, 1.82) is 0 Å². The van der Waals surface area contributed by atoms with Crippen molar-refractivity contribution in [2.24, 2.45) is 7.05 Å².